The molecule has 2 saturated carbocycles. The van der Waals surface area contributed by atoms with E-state index in [-0.39, 0.29) is 27.3 Å². The predicted molar refractivity (Wildman–Crippen MR) is 87.9 cm³/mol. The van der Waals surface area contributed by atoms with Crippen LogP contribution in [0, 0.1) is 16.7 Å². The average Bonchev–Trinajstić information content (AvgIpc) is 2.43. The summed E-state index contributed by atoms with van der Waals surface area (Å²) in [7, 11) is 0. The molecule has 2 bridgehead atoms. The minimum atomic E-state index is -0.0805. The van der Waals surface area contributed by atoms with Gasteiger partial charge >= 0.3 is 5.97 Å². The summed E-state index contributed by atoms with van der Waals surface area (Å²) in [5.41, 5.74) is 0.142. The van der Waals surface area contributed by atoms with Crippen molar-refractivity contribution in [2.45, 2.75) is 62.7 Å². The van der Waals surface area contributed by atoms with Crippen molar-refractivity contribution in [1.82, 2.24) is 0 Å². The van der Waals surface area contributed by atoms with Gasteiger partial charge in [-0.1, -0.05) is 49.3 Å². The first-order valence-electron chi connectivity index (χ1n) is 7.84. The predicted octanol–water partition coefficient (Wildman–Crippen LogP) is 3.71. The lowest BCUT2D eigenvalue weighted by molar-refractivity contribution is -0.150. The Bertz CT molecular complexity index is 360. The van der Waals surface area contributed by atoms with E-state index in [9.17, 15) is 9.90 Å². The number of hydrogen-bond acceptors (Lipinski definition) is 3. The first-order chi connectivity index (χ1) is 9.42. The Kier molecular flexibility index (Phi) is 5.38. The Balaban J connectivity index is 1.98. The van der Waals surface area contributed by atoms with Gasteiger partial charge in [-0.05, 0) is 43.4 Å². The van der Waals surface area contributed by atoms with Crippen LogP contribution < -0.4 is 0 Å². The van der Waals surface area contributed by atoms with Crippen LogP contribution in [0.4, 0.5) is 0 Å². The molecule has 3 nitrogen and oxygen atoms in total. The highest BCUT2D eigenvalue weighted by atomic mass is 127. The number of aliphatic hydroxyl groups excluding tert-OH is 1. The van der Waals surface area contributed by atoms with Gasteiger partial charge in [0.2, 0.25) is 0 Å². The van der Waals surface area contributed by atoms with Crippen LogP contribution in [0.25, 0.3) is 0 Å². The maximum Gasteiger partial charge on any atom is 0.318 e. The van der Waals surface area contributed by atoms with Gasteiger partial charge in [-0.25, -0.2) is 0 Å². The average molecular weight is 394 g/mol. The molecule has 0 aromatic rings. The molecule has 0 heterocycles. The fraction of sp³-hybridized carbons (Fsp3) is 0.938. The lowest BCUT2D eigenvalue weighted by Crippen LogP contribution is -2.46. The SMILES string of the molecule is CCC(I)C(=O)OCC1(C)CC2CCCC(CO)(C2)C1. The van der Waals surface area contributed by atoms with E-state index in [1.165, 1.54) is 12.8 Å². The van der Waals surface area contributed by atoms with Gasteiger partial charge in [-0.2, -0.15) is 0 Å². The molecular weight excluding hydrogens is 367 g/mol. The summed E-state index contributed by atoms with van der Waals surface area (Å²) in [5, 5.41) is 9.82. The summed E-state index contributed by atoms with van der Waals surface area (Å²) in [6.45, 7) is 5.04. The highest BCUT2D eigenvalue weighted by Crippen LogP contribution is 2.55. The molecule has 1 N–H and O–H groups in total. The van der Waals surface area contributed by atoms with Crippen molar-refractivity contribution in [2.75, 3.05) is 13.2 Å². The van der Waals surface area contributed by atoms with Gasteiger partial charge in [-0.3, -0.25) is 4.79 Å². The molecule has 2 aliphatic carbocycles. The topological polar surface area (TPSA) is 46.5 Å². The van der Waals surface area contributed by atoms with Crippen molar-refractivity contribution in [3.8, 4) is 0 Å². The van der Waals surface area contributed by atoms with Crippen molar-refractivity contribution < 1.29 is 14.6 Å². The maximum absolute atomic E-state index is 11.9. The number of fused-ring (bicyclic) bond motifs is 2. The molecule has 0 amide bonds. The van der Waals surface area contributed by atoms with Crippen molar-refractivity contribution in [2.24, 2.45) is 16.7 Å². The monoisotopic (exact) mass is 394 g/mol. The minimum Gasteiger partial charge on any atom is -0.464 e. The fourth-order valence-corrected chi connectivity index (χ4v) is 4.58. The third-order valence-electron chi connectivity index (χ3n) is 5.14. The Labute approximate surface area is 136 Å². The van der Waals surface area contributed by atoms with Gasteiger partial charge < -0.3 is 9.84 Å². The van der Waals surface area contributed by atoms with Gasteiger partial charge in [0.25, 0.3) is 0 Å². The smallest absolute Gasteiger partial charge is 0.318 e. The van der Waals surface area contributed by atoms with Gasteiger partial charge in [0.15, 0.2) is 0 Å². The molecule has 2 rings (SSSR count). The van der Waals surface area contributed by atoms with Crippen molar-refractivity contribution in [1.29, 1.82) is 0 Å². The van der Waals surface area contributed by atoms with E-state index in [1.54, 1.807) is 0 Å². The van der Waals surface area contributed by atoms with Crippen LogP contribution in [0.5, 0.6) is 0 Å². The van der Waals surface area contributed by atoms with Crippen LogP contribution in [0.15, 0.2) is 0 Å². The molecule has 4 atom stereocenters. The van der Waals surface area contributed by atoms with E-state index in [2.05, 4.69) is 29.5 Å². The number of alkyl halides is 1. The summed E-state index contributed by atoms with van der Waals surface area (Å²) in [5.74, 6) is 0.623. The zero-order chi connectivity index (χ0) is 14.8. The van der Waals surface area contributed by atoms with E-state index in [4.69, 9.17) is 4.74 Å². The van der Waals surface area contributed by atoms with Crippen LogP contribution in [0.3, 0.4) is 0 Å². The highest BCUT2D eigenvalue weighted by molar-refractivity contribution is 14.1. The van der Waals surface area contributed by atoms with Crippen molar-refractivity contribution in [3.05, 3.63) is 0 Å². The number of carbonyl (C=O) groups is 1. The standard InChI is InChI=1S/C16H27IO3/c1-3-13(17)14(19)20-11-15(2)7-12-5-4-6-16(8-12,9-15)10-18/h12-13,18H,3-11H2,1-2H3. The van der Waals surface area contributed by atoms with E-state index < -0.39 is 0 Å². The number of aliphatic hydroxyl groups is 1. The first-order valence-corrected chi connectivity index (χ1v) is 9.08. The summed E-state index contributed by atoms with van der Waals surface area (Å²) < 4.78 is 5.53. The molecule has 0 spiro atoms. The molecular formula is C16H27IO3. The van der Waals surface area contributed by atoms with Crippen LogP contribution in [0.2, 0.25) is 0 Å². The molecule has 0 saturated heterocycles. The van der Waals surface area contributed by atoms with Gasteiger partial charge in [0.05, 0.1) is 6.61 Å². The Hall–Kier alpha value is 0.160. The number of esters is 1. The van der Waals surface area contributed by atoms with Gasteiger partial charge in [0, 0.05) is 12.0 Å². The van der Waals surface area contributed by atoms with Crippen molar-refractivity contribution in [3.63, 3.8) is 0 Å². The van der Waals surface area contributed by atoms with Gasteiger partial charge in [-0.15, -0.1) is 0 Å². The summed E-state index contributed by atoms with van der Waals surface area (Å²) in [6, 6.07) is 0. The number of rotatable bonds is 5. The number of ether oxygens (including phenoxy) is 1. The maximum atomic E-state index is 11.9. The zero-order valence-corrected chi connectivity index (χ0v) is 14.8. The second-order valence-electron chi connectivity index (χ2n) is 7.30. The molecule has 2 fully saturated rings. The van der Waals surface area contributed by atoms with Crippen LogP contribution in [-0.2, 0) is 9.53 Å². The normalized spacial score (nSPS) is 38.3. The van der Waals surface area contributed by atoms with Crippen LogP contribution in [0.1, 0.15) is 58.8 Å². The van der Waals surface area contributed by atoms with Crippen LogP contribution in [-0.4, -0.2) is 28.2 Å². The third kappa shape index (κ3) is 3.67. The molecule has 2 aliphatic rings. The molecule has 4 unspecified atom stereocenters. The molecule has 0 aliphatic heterocycles. The van der Waals surface area contributed by atoms with Crippen molar-refractivity contribution >= 4 is 28.6 Å². The molecule has 4 heteroatoms. The molecule has 20 heavy (non-hydrogen) atoms. The number of hydrogen-bond donors (Lipinski definition) is 1. The number of halogens is 1. The van der Waals surface area contributed by atoms with E-state index in [0.29, 0.717) is 12.5 Å². The largest absolute Gasteiger partial charge is 0.464 e. The lowest BCUT2D eigenvalue weighted by Gasteiger charge is -2.52. The zero-order valence-electron chi connectivity index (χ0n) is 12.7. The summed E-state index contributed by atoms with van der Waals surface area (Å²) >= 11 is 2.15. The van der Waals surface area contributed by atoms with E-state index in [1.807, 2.05) is 6.92 Å². The highest BCUT2D eigenvalue weighted by Gasteiger charge is 2.48. The molecule has 116 valence electrons. The fourth-order valence-electron chi connectivity index (χ4n) is 4.40. The third-order valence-corrected chi connectivity index (χ3v) is 6.53. The van der Waals surface area contributed by atoms with Gasteiger partial charge in [0.1, 0.15) is 3.92 Å². The summed E-state index contributed by atoms with van der Waals surface area (Å²) in [4.78, 5) is 11.9. The molecule has 0 aromatic heterocycles. The number of carbonyl (C=O) groups excluding carboxylic acids is 1. The molecule has 0 radical (unpaired) electrons. The quantitative estimate of drug-likeness (QED) is 0.439. The summed E-state index contributed by atoms with van der Waals surface area (Å²) in [6.07, 6.45) is 7.77. The van der Waals surface area contributed by atoms with E-state index >= 15 is 0 Å². The van der Waals surface area contributed by atoms with E-state index in [0.717, 1.165) is 32.1 Å². The Morgan fingerprint density at radius 1 is 1.50 bits per heavy atom. The second kappa shape index (κ2) is 6.51. The first kappa shape index (κ1) is 16.5. The van der Waals surface area contributed by atoms with Crippen LogP contribution >= 0.6 is 22.6 Å². The Morgan fingerprint density at radius 2 is 2.25 bits per heavy atom. The Morgan fingerprint density at radius 3 is 2.90 bits per heavy atom. The second-order valence-corrected chi connectivity index (χ2v) is 8.80. The molecule has 0 aromatic carbocycles. The minimum absolute atomic E-state index is 0.0360. The lowest BCUT2D eigenvalue weighted by atomic mass is 9.54.